The van der Waals surface area contributed by atoms with Crippen LogP contribution in [0.1, 0.15) is 47.3 Å². The maximum absolute atomic E-state index is 13.3. The molecule has 2 aromatic carbocycles. The number of aromatic amines is 1. The average Bonchev–Trinajstić information content (AvgIpc) is 3.28. The number of aliphatic carboxylic acids is 1. The van der Waals surface area contributed by atoms with Gasteiger partial charge in [-0.1, -0.05) is 30.3 Å². The van der Waals surface area contributed by atoms with Gasteiger partial charge in [-0.05, 0) is 68.8 Å². The van der Waals surface area contributed by atoms with Gasteiger partial charge in [0, 0.05) is 34.6 Å². The van der Waals surface area contributed by atoms with Gasteiger partial charge in [0.2, 0.25) is 11.8 Å². The Labute approximate surface area is 239 Å². The van der Waals surface area contributed by atoms with Crippen LogP contribution in [0.4, 0.5) is 18.9 Å². The molecule has 1 saturated carbocycles. The summed E-state index contributed by atoms with van der Waals surface area (Å²) in [6.45, 7) is 2.35. The van der Waals surface area contributed by atoms with Crippen LogP contribution in [-0.4, -0.2) is 57.7 Å². The Morgan fingerprint density at radius 3 is 2.19 bits per heavy atom. The number of carboxylic acids is 2. The summed E-state index contributed by atoms with van der Waals surface area (Å²) in [5, 5.41) is 23.1. The summed E-state index contributed by atoms with van der Waals surface area (Å²) < 4.78 is 31.7. The molecule has 1 fully saturated rings. The van der Waals surface area contributed by atoms with Crippen LogP contribution in [0.2, 0.25) is 0 Å². The maximum Gasteiger partial charge on any atom is 0.490 e. The minimum Gasteiger partial charge on any atom is -0.478 e. The lowest BCUT2D eigenvalue weighted by molar-refractivity contribution is -0.192. The van der Waals surface area contributed by atoms with Gasteiger partial charge in [0.15, 0.2) is 0 Å². The molecule has 42 heavy (non-hydrogen) atoms. The summed E-state index contributed by atoms with van der Waals surface area (Å²) in [6, 6.07) is 13.9. The average molecular weight is 591 g/mol. The topological polar surface area (TPSA) is 175 Å². The van der Waals surface area contributed by atoms with Gasteiger partial charge in [0.05, 0.1) is 5.56 Å². The quantitative estimate of drug-likeness (QED) is 0.227. The number of aryl methyl sites for hydroxylation is 1. The van der Waals surface area contributed by atoms with Crippen molar-refractivity contribution in [3.05, 3.63) is 65.4 Å². The van der Waals surface area contributed by atoms with Crippen molar-refractivity contribution in [1.82, 2.24) is 10.3 Å². The number of hydrogen-bond donors (Lipinski definition) is 6. The number of benzene rings is 2. The molecule has 1 aromatic heterocycles. The third kappa shape index (κ3) is 8.56. The molecule has 0 radical (unpaired) electrons. The van der Waals surface area contributed by atoms with Crippen molar-refractivity contribution in [1.29, 1.82) is 0 Å². The van der Waals surface area contributed by atoms with E-state index in [0.29, 0.717) is 41.2 Å². The van der Waals surface area contributed by atoms with Crippen LogP contribution in [-0.2, 0) is 20.8 Å². The molecule has 7 N–H and O–H groups in total. The number of aromatic carboxylic acids is 1. The predicted octanol–water partition coefficient (Wildman–Crippen LogP) is 4.24. The zero-order chi connectivity index (χ0) is 31.0. The highest BCUT2D eigenvalue weighted by atomic mass is 19.4. The van der Waals surface area contributed by atoms with E-state index in [1.165, 1.54) is 0 Å². The second-order valence-electron chi connectivity index (χ2n) is 10.2. The fourth-order valence-electron chi connectivity index (χ4n) is 4.92. The molecule has 1 aliphatic rings. The fraction of sp³-hybridized carbons (Fsp3) is 0.379. The fourth-order valence-corrected chi connectivity index (χ4v) is 4.92. The Bertz CT molecular complexity index is 1420. The number of nitrogens with one attached hydrogen (secondary N) is 3. The molecule has 0 bridgehead atoms. The number of carbonyl (C=O) groups is 4. The number of H-pyrrole nitrogens is 1. The number of aromatic nitrogens is 1. The van der Waals surface area contributed by atoms with Gasteiger partial charge in [-0.3, -0.25) is 9.59 Å². The summed E-state index contributed by atoms with van der Waals surface area (Å²) in [5.41, 5.74) is 8.64. The van der Waals surface area contributed by atoms with Crippen LogP contribution in [0, 0.1) is 18.8 Å². The SMILES string of the molecule is Cc1[nH]c2cc(NC(=O)[C@@H](Cc3ccccc3)NC(=O)C3CCC(CN)CC3)ccc2c1C(=O)O.O=C(O)C(F)(F)F. The number of carboxylic acid groups (broad SMARTS) is 2. The molecule has 1 aliphatic carbocycles. The number of hydrogen-bond acceptors (Lipinski definition) is 5. The minimum atomic E-state index is -5.08. The molecular formula is C29H33F3N4O6. The first kappa shape index (κ1) is 32.1. The standard InChI is InChI=1S/C27H32N4O4.C2HF3O2/c1-16-24(27(34)35)21-12-11-20(14-22(21)29-16)30-26(33)23(13-17-5-3-2-4-6-17)31-25(32)19-9-7-18(15-28)8-10-19;3-2(4,5)1(6)7/h2-6,11-12,14,18-19,23,29H,7-10,13,15,28H2,1H3,(H,30,33)(H,31,32)(H,34,35);(H,6,7)/t18?,19?,23-;/m1./s1. The number of alkyl halides is 3. The van der Waals surface area contributed by atoms with Crippen molar-refractivity contribution in [2.24, 2.45) is 17.6 Å². The first-order chi connectivity index (χ1) is 19.8. The van der Waals surface area contributed by atoms with Crippen LogP contribution in [0.15, 0.2) is 48.5 Å². The Balaban J connectivity index is 0.000000616. The van der Waals surface area contributed by atoms with E-state index in [1.54, 1.807) is 25.1 Å². The molecule has 0 aliphatic heterocycles. The predicted molar refractivity (Wildman–Crippen MR) is 149 cm³/mol. The van der Waals surface area contributed by atoms with Gasteiger partial charge < -0.3 is 31.6 Å². The Hall–Kier alpha value is -4.39. The maximum atomic E-state index is 13.3. The molecular weight excluding hydrogens is 557 g/mol. The van der Waals surface area contributed by atoms with Gasteiger partial charge in [0.1, 0.15) is 6.04 Å². The molecule has 3 aromatic rings. The number of halogens is 3. The molecule has 226 valence electrons. The molecule has 4 rings (SSSR count). The van der Waals surface area contributed by atoms with E-state index in [1.807, 2.05) is 30.3 Å². The van der Waals surface area contributed by atoms with Gasteiger partial charge in [0.25, 0.3) is 0 Å². The molecule has 0 unspecified atom stereocenters. The normalized spacial score (nSPS) is 17.5. The van der Waals surface area contributed by atoms with Crippen molar-refractivity contribution >= 4 is 40.3 Å². The van der Waals surface area contributed by atoms with Gasteiger partial charge in [-0.2, -0.15) is 13.2 Å². The largest absolute Gasteiger partial charge is 0.490 e. The molecule has 0 saturated heterocycles. The van der Waals surface area contributed by atoms with E-state index in [9.17, 15) is 32.7 Å². The van der Waals surface area contributed by atoms with Crippen LogP contribution in [0.25, 0.3) is 10.9 Å². The van der Waals surface area contributed by atoms with Gasteiger partial charge in [-0.25, -0.2) is 9.59 Å². The number of amides is 2. The minimum absolute atomic E-state index is 0.0990. The summed E-state index contributed by atoms with van der Waals surface area (Å²) in [4.78, 5) is 49.9. The van der Waals surface area contributed by atoms with Gasteiger partial charge >= 0.3 is 18.1 Å². The van der Waals surface area contributed by atoms with Crippen LogP contribution in [0.3, 0.4) is 0 Å². The van der Waals surface area contributed by atoms with Crippen molar-refractivity contribution in [2.75, 3.05) is 11.9 Å². The van der Waals surface area contributed by atoms with E-state index >= 15 is 0 Å². The number of fused-ring (bicyclic) bond motifs is 1. The molecule has 0 spiro atoms. The summed E-state index contributed by atoms with van der Waals surface area (Å²) in [7, 11) is 0. The highest BCUT2D eigenvalue weighted by Gasteiger charge is 2.38. The lowest BCUT2D eigenvalue weighted by Gasteiger charge is -2.28. The van der Waals surface area contributed by atoms with E-state index in [2.05, 4.69) is 15.6 Å². The van der Waals surface area contributed by atoms with E-state index in [0.717, 1.165) is 31.2 Å². The van der Waals surface area contributed by atoms with Crippen LogP contribution in [0.5, 0.6) is 0 Å². The Morgan fingerprint density at radius 1 is 1.02 bits per heavy atom. The monoisotopic (exact) mass is 590 g/mol. The molecule has 1 atom stereocenters. The Kier molecular flexibility index (Phi) is 10.7. The van der Waals surface area contributed by atoms with E-state index < -0.39 is 24.2 Å². The number of rotatable bonds is 8. The van der Waals surface area contributed by atoms with Crippen molar-refractivity contribution < 1.29 is 42.6 Å². The third-order valence-corrected chi connectivity index (χ3v) is 7.18. The second-order valence-corrected chi connectivity index (χ2v) is 10.2. The van der Waals surface area contributed by atoms with Crippen LogP contribution >= 0.6 is 0 Å². The zero-order valence-electron chi connectivity index (χ0n) is 22.8. The first-order valence-electron chi connectivity index (χ1n) is 13.3. The highest BCUT2D eigenvalue weighted by Crippen LogP contribution is 2.29. The van der Waals surface area contributed by atoms with Crippen molar-refractivity contribution in [3.8, 4) is 0 Å². The molecule has 2 amide bonds. The zero-order valence-corrected chi connectivity index (χ0v) is 22.8. The Morgan fingerprint density at radius 2 is 1.64 bits per heavy atom. The highest BCUT2D eigenvalue weighted by molar-refractivity contribution is 6.06. The van der Waals surface area contributed by atoms with Crippen molar-refractivity contribution in [2.45, 2.75) is 51.2 Å². The molecule has 10 nitrogen and oxygen atoms in total. The number of carbonyl (C=O) groups excluding carboxylic acids is 2. The van der Waals surface area contributed by atoms with E-state index in [4.69, 9.17) is 15.6 Å². The second kappa shape index (κ2) is 14.0. The lowest BCUT2D eigenvalue weighted by Crippen LogP contribution is -2.48. The van der Waals surface area contributed by atoms with Crippen LogP contribution < -0.4 is 16.4 Å². The number of nitrogens with two attached hydrogens (primary N) is 1. The third-order valence-electron chi connectivity index (χ3n) is 7.18. The summed E-state index contributed by atoms with van der Waals surface area (Å²) in [5.74, 6) is -3.83. The van der Waals surface area contributed by atoms with Gasteiger partial charge in [-0.15, -0.1) is 0 Å². The smallest absolute Gasteiger partial charge is 0.478 e. The van der Waals surface area contributed by atoms with Crippen molar-refractivity contribution in [3.63, 3.8) is 0 Å². The molecule has 1 heterocycles. The first-order valence-corrected chi connectivity index (χ1v) is 13.3. The van der Waals surface area contributed by atoms with E-state index in [-0.39, 0.29) is 23.3 Å². The summed E-state index contributed by atoms with van der Waals surface area (Å²) >= 11 is 0. The molecule has 13 heteroatoms. The lowest BCUT2D eigenvalue weighted by atomic mass is 9.81. The number of anilines is 1. The summed E-state index contributed by atoms with van der Waals surface area (Å²) in [6.07, 6.45) is -1.30.